The van der Waals surface area contributed by atoms with Crippen LogP contribution in [0.1, 0.15) is 80.6 Å². The second kappa shape index (κ2) is 18.4. The third-order valence-electron chi connectivity index (χ3n) is 22.3. The Hall–Kier alpha value is -11.5. The summed E-state index contributed by atoms with van der Waals surface area (Å²) in [7, 11) is 0. The highest BCUT2D eigenvalue weighted by Gasteiger charge is 2.57. The molecule has 5 aliphatic carbocycles. The Morgan fingerprint density at radius 1 is 0.277 bits per heavy atom. The van der Waals surface area contributed by atoms with Gasteiger partial charge in [-0.3, -0.25) is 0 Å². The maximum atomic E-state index is 7.01. The molecule has 14 aromatic carbocycles. The molecule has 3 heteroatoms. The van der Waals surface area contributed by atoms with Crippen molar-refractivity contribution in [2.24, 2.45) is 0 Å². The minimum absolute atomic E-state index is 0.391. The van der Waals surface area contributed by atoms with Crippen LogP contribution in [-0.2, 0) is 16.2 Å². The molecule has 16 aromatic rings. The average molecular weight is 1200 g/mol. The van der Waals surface area contributed by atoms with Gasteiger partial charge in [-0.25, -0.2) is 0 Å². The molecule has 0 saturated carbocycles. The SMILES string of the molecule is Cc1cc(C)cc(-c2cc3c(c4c2oc2ccccc24)-c2ccc(N(c4ccc5c(c4)C4(c6ccccc6-c6ccccc64)c4cc6c(cc4-5)C4(c5ccccc5-c5ccccc54)c4ccc5oc7ccccc7c5c4-6)c4ccccc4-c4ccccc4)cc2C3(C)C)c1. The molecule has 3 nitrogen and oxygen atoms in total. The predicted molar refractivity (Wildman–Crippen MR) is 386 cm³/mol. The van der Waals surface area contributed by atoms with Crippen LogP contribution in [0.4, 0.5) is 17.1 Å². The molecule has 94 heavy (non-hydrogen) atoms. The Labute approximate surface area is 545 Å². The Kier molecular flexibility index (Phi) is 10.2. The van der Waals surface area contributed by atoms with Crippen molar-refractivity contribution in [2.75, 3.05) is 4.90 Å². The van der Waals surface area contributed by atoms with Gasteiger partial charge in [0.25, 0.3) is 0 Å². The Balaban J connectivity index is 0.842. The molecule has 2 spiro atoms. The fourth-order valence-electron chi connectivity index (χ4n) is 18.7. The molecule has 0 fully saturated rings. The second-order valence-corrected chi connectivity index (χ2v) is 27.4. The monoisotopic (exact) mass is 1200 g/mol. The van der Waals surface area contributed by atoms with E-state index in [4.69, 9.17) is 8.83 Å². The molecule has 0 saturated heterocycles. The number of para-hydroxylation sites is 3. The van der Waals surface area contributed by atoms with Gasteiger partial charge in [0.1, 0.15) is 22.3 Å². The van der Waals surface area contributed by atoms with Crippen LogP contribution in [0.5, 0.6) is 0 Å². The van der Waals surface area contributed by atoms with Gasteiger partial charge < -0.3 is 13.7 Å². The van der Waals surface area contributed by atoms with Crippen LogP contribution in [0.15, 0.2) is 294 Å². The number of hydrogen-bond acceptors (Lipinski definition) is 3. The molecule has 0 N–H and O–H groups in total. The molecule has 440 valence electrons. The zero-order valence-electron chi connectivity index (χ0n) is 52.4. The highest BCUT2D eigenvalue weighted by Crippen LogP contribution is 2.70. The van der Waals surface area contributed by atoms with Crippen molar-refractivity contribution >= 4 is 60.9 Å². The minimum atomic E-state index is -0.699. The molecule has 0 radical (unpaired) electrons. The van der Waals surface area contributed by atoms with Gasteiger partial charge in [0.2, 0.25) is 0 Å². The summed E-state index contributed by atoms with van der Waals surface area (Å²) >= 11 is 0. The molecular formula is C91H59NO2. The number of anilines is 3. The van der Waals surface area contributed by atoms with Crippen LogP contribution in [0, 0.1) is 13.8 Å². The van der Waals surface area contributed by atoms with E-state index in [2.05, 4.69) is 318 Å². The van der Waals surface area contributed by atoms with Gasteiger partial charge in [0.15, 0.2) is 0 Å². The number of hydrogen-bond donors (Lipinski definition) is 0. The lowest BCUT2D eigenvalue weighted by Crippen LogP contribution is -2.27. The largest absolute Gasteiger partial charge is 0.456 e. The number of furan rings is 2. The zero-order chi connectivity index (χ0) is 62.1. The van der Waals surface area contributed by atoms with E-state index in [1.807, 2.05) is 0 Å². The van der Waals surface area contributed by atoms with Crippen LogP contribution in [-0.4, -0.2) is 0 Å². The van der Waals surface area contributed by atoms with E-state index in [9.17, 15) is 0 Å². The summed E-state index contributed by atoms with van der Waals surface area (Å²) in [6.07, 6.45) is 0. The number of rotatable bonds is 5. The number of aryl methyl sites for hydroxylation is 2. The van der Waals surface area contributed by atoms with Crippen molar-refractivity contribution in [3.05, 3.63) is 352 Å². The van der Waals surface area contributed by atoms with Gasteiger partial charge in [-0.1, -0.05) is 243 Å². The van der Waals surface area contributed by atoms with Crippen LogP contribution < -0.4 is 4.90 Å². The maximum absolute atomic E-state index is 7.01. The molecular weight excluding hydrogens is 1140 g/mol. The summed E-state index contributed by atoms with van der Waals surface area (Å²) in [5.74, 6) is 0. The van der Waals surface area contributed by atoms with Crippen LogP contribution in [0.2, 0.25) is 0 Å². The summed E-state index contributed by atoms with van der Waals surface area (Å²) in [4.78, 5) is 2.56. The lowest BCUT2D eigenvalue weighted by molar-refractivity contribution is 0.657. The number of fused-ring (bicyclic) bond motifs is 31. The molecule has 0 amide bonds. The van der Waals surface area contributed by atoms with Gasteiger partial charge >= 0.3 is 0 Å². The third-order valence-corrected chi connectivity index (χ3v) is 22.3. The van der Waals surface area contributed by atoms with Crippen LogP contribution >= 0.6 is 0 Å². The second-order valence-electron chi connectivity index (χ2n) is 27.4. The Morgan fingerprint density at radius 3 is 1.39 bits per heavy atom. The average Bonchev–Trinajstić information content (AvgIpc) is 1.49. The van der Waals surface area contributed by atoms with E-state index in [-0.39, 0.29) is 0 Å². The van der Waals surface area contributed by atoms with Crippen molar-refractivity contribution < 1.29 is 8.83 Å². The molecule has 0 atom stereocenters. The number of nitrogens with zero attached hydrogens (tertiary/aromatic N) is 1. The van der Waals surface area contributed by atoms with Gasteiger partial charge in [-0.2, -0.15) is 0 Å². The molecule has 5 aliphatic rings. The van der Waals surface area contributed by atoms with Crippen molar-refractivity contribution in [3.63, 3.8) is 0 Å². The quantitative estimate of drug-likeness (QED) is 0.172. The fourth-order valence-corrected chi connectivity index (χ4v) is 18.7. The molecule has 2 aromatic heterocycles. The summed E-state index contributed by atoms with van der Waals surface area (Å²) in [6.45, 7) is 9.25. The first kappa shape index (κ1) is 52.1. The lowest BCUT2D eigenvalue weighted by Gasteiger charge is -2.33. The predicted octanol–water partition coefficient (Wildman–Crippen LogP) is 23.9. The van der Waals surface area contributed by atoms with E-state index in [0.717, 1.165) is 66.9 Å². The van der Waals surface area contributed by atoms with Gasteiger partial charge in [-0.05, 0) is 203 Å². The van der Waals surface area contributed by atoms with Crippen LogP contribution in [0.3, 0.4) is 0 Å². The highest BCUT2D eigenvalue weighted by molar-refractivity contribution is 6.20. The topological polar surface area (TPSA) is 29.5 Å². The highest BCUT2D eigenvalue weighted by atomic mass is 16.3. The van der Waals surface area contributed by atoms with E-state index in [1.165, 1.54) is 139 Å². The molecule has 21 rings (SSSR count). The molecule has 0 unspecified atom stereocenters. The Morgan fingerprint density at radius 2 is 0.745 bits per heavy atom. The first-order valence-electron chi connectivity index (χ1n) is 33.0. The standard InChI is InChI=1S/C91H59NO2/c1-52-44-53(2)46-55(45-52)67-49-79-84(87-66-30-14-21-37-82(66)94-88(67)87)64-41-39-56(47-75(64)89(79,3)4)92(80-35-19-12-24-58(80)54-22-6-5-7-23-54)57-38-40-63-68-50-78-69(51-77(68)91(76(63)48-57)72-33-17-10-27-61(72)62-28-11-18-34-73(62)91)85-74(42-43-83-86(85)65-29-13-20-36-81(65)93-83)90(78)70-31-15-8-25-59(70)60-26-9-16-32-71(60)90/h5-51H,1-4H3. The smallest absolute Gasteiger partial charge is 0.143 e. The van der Waals surface area contributed by atoms with Crippen molar-refractivity contribution in [1.82, 2.24) is 0 Å². The van der Waals surface area contributed by atoms with E-state index < -0.39 is 16.2 Å². The summed E-state index contributed by atoms with van der Waals surface area (Å²) in [6, 6.07) is 108. The third kappa shape index (κ3) is 6.46. The zero-order valence-corrected chi connectivity index (χ0v) is 52.4. The first-order chi connectivity index (χ1) is 46.2. The van der Waals surface area contributed by atoms with Crippen molar-refractivity contribution in [2.45, 2.75) is 43.9 Å². The fraction of sp³-hybridized carbons (Fsp3) is 0.0769. The lowest BCUT2D eigenvalue weighted by atomic mass is 9.68. The Bertz CT molecular complexity index is 5950. The van der Waals surface area contributed by atoms with Gasteiger partial charge in [-0.15, -0.1) is 0 Å². The summed E-state index contributed by atoms with van der Waals surface area (Å²) < 4.78 is 13.9. The van der Waals surface area contributed by atoms with Crippen LogP contribution in [0.25, 0.3) is 122 Å². The van der Waals surface area contributed by atoms with Crippen molar-refractivity contribution in [3.8, 4) is 77.9 Å². The van der Waals surface area contributed by atoms with E-state index >= 15 is 0 Å². The first-order valence-corrected chi connectivity index (χ1v) is 33.0. The molecule has 2 heterocycles. The van der Waals surface area contributed by atoms with E-state index in [0.29, 0.717) is 0 Å². The summed E-state index contributed by atoms with van der Waals surface area (Å²) in [5, 5.41) is 4.62. The minimum Gasteiger partial charge on any atom is -0.456 e. The molecule has 0 bridgehead atoms. The van der Waals surface area contributed by atoms with Gasteiger partial charge in [0, 0.05) is 49.5 Å². The van der Waals surface area contributed by atoms with Crippen molar-refractivity contribution in [1.29, 1.82) is 0 Å². The van der Waals surface area contributed by atoms with Gasteiger partial charge in [0.05, 0.1) is 16.5 Å². The normalized spacial score (nSPS) is 14.6. The summed E-state index contributed by atoms with van der Waals surface area (Å²) in [5.41, 5.74) is 38.0. The number of benzene rings is 14. The van der Waals surface area contributed by atoms with E-state index in [1.54, 1.807) is 0 Å². The molecule has 0 aliphatic heterocycles. The maximum Gasteiger partial charge on any atom is 0.143 e.